The van der Waals surface area contributed by atoms with Gasteiger partial charge in [0.1, 0.15) is 5.75 Å². The number of benzene rings is 2. The van der Waals surface area contributed by atoms with E-state index in [-0.39, 0.29) is 11.7 Å². The zero-order chi connectivity index (χ0) is 20.0. The van der Waals surface area contributed by atoms with Crippen LogP contribution in [0.1, 0.15) is 29.5 Å². The lowest BCUT2D eigenvalue weighted by Gasteiger charge is -2.13. The molecule has 2 rings (SSSR count). The van der Waals surface area contributed by atoms with Crippen LogP contribution in [0.15, 0.2) is 36.4 Å². The Morgan fingerprint density at radius 1 is 1.26 bits per heavy atom. The second-order valence-electron chi connectivity index (χ2n) is 5.95. The van der Waals surface area contributed by atoms with Crippen molar-refractivity contribution in [3.63, 3.8) is 0 Å². The summed E-state index contributed by atoms with van der Waals surface area (Å²) >= 11 is 0. The van der Waals surface area contributed by atoms with E-state index >= 15 is 0 Å². The van der Waals surface area contributed by atoms with Crippen molar-refractivity contribution in [1.82, 2.24) is 0 Å². The van der Waals surface area contributed by atoms with E-state index < -0.39 is 16.4 Å². The molecule has 0 spiro atoms. The lowest BCUT2D eigenvalue weighted by molar-refractivity contribution is -0.388. The minimum absolute atomic E-state index is 0.146. The summed E-state index contributed by atoms with van der Waals surface area (Å²) in [6.45, 7) is 3.61. The molecule has 0 fully saturated rings. The number of carbonyl (C=O) groups excluding carboxylic acids is 1. The summed E-state index contributed by atoms with van der Waals surface area (Å²) in [5.74, 6) is -0.923. The van der Waals surface area contributed by atoms with Crippen LogP contribution >= 0.6 is 0 Å². The maximum atomic E-state index is 13.8. The molecule has 0 aliphatic heterocycles. The number of ether oxygens (including phenoxy) is 2. The van der Waals surface area contributed by atoms with Gasteiger partial charge in [0.05, 0.1) is 12.0 Å². The van der Waals surface area contributed by atoms with Gasteiger partial charge in [-0.25, -0.2) is 0 Å². The maximum Gasteiger partial charge on any atom is 0.346 e. The van der Waals surface area contributed by atoms with Gasteiger partial charge in [0.15, 0.2) is 0 Å². The van der Waals surface area contributed by atoms with E-state index in [9.17, 15) is 19.3 Å². The SMILES string of the molecule is COC(=O)CC/C=C/c1cc(C)c(Oc2cccc(F)c2[N+](=O)[O-])c(C)c1. The van der Waals surface area contributed by atoms with Gasteiger partial charge >= 0.3 is 11.7 Å². The average molecular weight is 373 g/mol. The van der Waals surface area contributed by atoms with E-state index in [4.69, 9.17) is 4.74 Å². The highest BCUT2D eigenvalue weighted by Gasteiger charge is 2.22. The molecule has 0 N–H and O–H groups in total. The number of halogens is 1. The van der Waals surface area contributed by atoms with E-state index in [1.165, 1.54) is 19.2 Å². The quantitative estimate of drug-likeness (QED) is 0.383. The minimum atomic E-state index is -0.946. The molecule has 7 heteroatoms. The third kappa shape index (κ3) is 5.13. The number of para-hydroxylation sites is 1. The highest BCUT2D eigenvalue weighted by Crippen LogP contribution is 2.36. The Morgan fingerprint density at radius 3 is 2.52 bits per heavy atom. The Labute approximate surface area is 156 Å². The molecule has 0 radical (unpaired) electrons. The first-order valence-corrected chi connectivity index (χ1v) is 8.29. The Kier molecular flexibility index (Phi) is 6.65. The van der Waals surface area contributed by atoms with Gasteiger partial charge < -0.3 is 9.47 Å². The molecule has 0 amide bonds. The van der Waals surface area contributed by atoms with Crippen molar-refractivity contribution in [2.24, 2.45) is 0 Å². The van der Waals surface area contributed by atoms with Crippen molar-refractivity contribution < 1.29 is 23.6 Å². The smallest absolute Gasteiger partial charge is 0.346 e. The molecule has 0 bridgehead atoms. The van der Waals surface area contributed by atoms with Crippen LogP contribution in [0.5, 0.6) is 11.5 Å². The molecular weight excluding hydrogens is 353 g/mol. The van der Waals surface area contributed by atoms with Crippen molar-refractivity contribution in [1.29, 1.82) is 0 Å². The fraction of sp³-hybridized carbons (Fsp3) is 0.250. The molecule has 0 aliphatic carbocycles. The second-order valence-corrected chi connectivity index (χ2v) is 5.95. The number of nitrogens with zero attached hydrogens (tertiary/aromatic N) is 1. The van der Waals surface area contributed by atoms with Gasteiger partial charge in [-0.2, -0.15) is 4.39 Å². The molecule has 0 aliphatic rings. The first kappa shape index (κ1) is 20.1. The van der Waals surface area contributed by atoms with Crippen molar-refractivity contribution >= 4 is 17.7 Å². The van der Waals surface area contributed by atoms with Gasteiger partial charge in [0, 0.05) is 6.42 Å². The average Bonchev–Trinajstić information content (AvgIpc) is 2.61. The summed E-state index contributed by atoms with van der Waals surface area (Å²) in [5.41, 5.74) is 1.71. The van der Waals surface area contributed by atoms with Crippen molar-refractivity contribution in [2.45, 2.75) is 26.7 Å². The summed E-state index contributed by atoms with van der Waals surface area (Å²) in [4.78, 5) is 21.4. The van der Waals surface area contributed by atoms with Gasteiger partial charge in [-0.1, -0.05) is 18.2 Å². The Hall–Kier alpha value is -3.22. The standard InChI is InChI=1S/C20H20FNO5/c1-13-11-15(7-4-5-10-18(23)26-3)12-14(2)20(13)27-17-9-6-8-16(21)19(17)22(24)25/h4,6-9,11-12H,5,10H2,1-3H3/b7-4+. The van der Waals surface area contributed by atoms with Crippen molar-refractivity contribution in [3.05, 3.63) is 69.0 Å². The minimum Gasteiger partial charge on any atom is -0.469 e. The van der Waals surface area contributed by atoms with Crippen molar-refractivity contribution in [2.75, 3.05) is 7.11 Å². The largest absolute Gasteiger partial charge is 0.469 e. The topological polar surface area (TPSA) is 78.7 Å². The highest BCUT2D eigenvalue weighted by atomic mass is 19.1. The van der Waals surface area contributed by atoms with Crippen LogP contribution in [-0.4, -0.2) is 18.0 Å². The number of hydrogen-bond donors (Lipinski definition) is 0. The number of aryl methyl sites for hydroxylation is 2. The first-order valence-electron chi connectivity index (χ1n) is 8.29. The van der Waals surface area contributed by atoms with Crippen LogP contribution in [0.4, 0.5) is 10.1 Å². The number of allylic oxidation sites excluding steroid dienone is 1. The molecular formula is C20H20FNO5. The Bertz CT molecular complexity index is 869. The summed E-state index contributed by atoms with van der Waals surface area (Å²) in [6, 6.07) is 7.44. The number of nitro benzene ring substituents is 1. The van der Waals surface area contributed by atoms with Crippen LogP contribution in [-0.2, 0) is 9.53 Å². The number of nitro groups is 1. The van der Waals surface area contributed by atoms with Crippen LogP contribution in [0.3, 0.4) is 0 Å². The van der Waals surface area contributed by atoms with Crippen LogP contribution in [0.2, 0.25) is 0 Å². The second kappa shape index (κ2) is 8.93. The Balaban J connectivity index is 2.23. The molecule has 0 saturated heterocycles. The molecule has 0 unspecified atom stereocenters. The zero-order valence-corrected chi connectivity index (χ0v) is 15.3. The van der Waals surface area contributed by atoms with Crippen LogP contribution in [0.25, 0.3) is 6.08 Å². The number of methoxy groups -OCH3 is 1. The van der Waals surface area contributed by atoms with E-state index in [2.05, 4.69) is 4.74 Å². The summed E-state index contributed by atoms with van der Waals surface area (Å²) in [5, 5.41) is 11.1. The molecule has 2 aromatic rings. The Morgan fingerprint density at radius 2 is 1.93 bits per heavy atom. The molecule has 0 atom stereocenters. The maximum absolute atomic E-state index is 13.8. The summed E-state index contributed by atoms with van der Waals surface area (Å²) < 4.78 is 24.0. The predicted octanol–water partition coefficient (Wildman–Crippen LogP) is 5.11. The number of rotatable bonds is 7. The first-order chi connectivity index (χ1) is 12.8. The molecule has 27 heavy (non-hydrogen) atoms. The van der Waals surface area contributed by atoms with E-state index in [1.54, 1.807) is 13.8 Å². The third-order valence-corrected chi connectivity index (χ3v) is 3.88. The van der Waals surface area contributed by atoms with Gasteiger partial charge in [0.25, 0.3) is 0 Å². The van der Waals surface area contributed by atoms with Crippen LogP contribution < -0.4 is 4.74 Å². The third-order valence-electron chi connectivity index (χ3n) is 3.88. The van der Waals surface area contributed by atoms with E-state index in [0.29, 0.717) is 18.6 Å². The monoisotopic (exact) mass is 373 g/mol. The molecule has 142 valence electrons. The van der Waals surface area contributed by atoms with Gasteiger partial charge in [-0.05, 0) is 61.2 Å². The number of esters is 1. The number of hydrogen-bond acceptors (Lipinski definition) is 5. The lowest BCUT2D eigenvalue weighted by atomic mass is 10.0. The molecule has 0 heterocycles. The summed E-state index contributed by atoms with van der Waals surface area (Å²) in [7, 11) is 1.35. The highest BCUT2D eigenvalue weighted by molar-refractivity contribution is 5.69. The molecule has 6 nitrogen and oxygen atoms in total. The fourth-order valence-electron chi connectivity index (χ4n) is 2.63. The number of carbonyl (C=O) groups is 1. The molecule has 0 aromatic heterocycles. The normalized spacial score (nSPS) is 10.8. The fourth-order valence-corrected chi connectivity index (χ4v) is 2.63. The molecule has 2 aromatic carbocycles. The lowest BCUT2D eigenvalue weighted by Crippen LogP contribution is -1.99. The van der Waals surface area contributed by atoms with Crippen LogP contribution in [0, 0.1) is 29.8 Å². The van der Waals surface area contributed by atoms with E-state index in [1.807, 2.05) is 24.3 Å². The zero-order valence-electron chi connectivity index (χ0n) is 15.3. The van der Waals surface area contributed by atoms with Gasteiger partial charge in [0.2, 0.25) is 11.6 Å². The van der Waals surface area contributed by atoms with Crippen molar-refractivity contribution in [3.8, 4) is 11.5 Å². The predicted molar refractivity (Wildman–Crippen MR) is 99.3 cm³/mol. The van der Waals surface area contributed by atoms with E-state index in [0.717, 1.165) is 22.8 Å². The molecule has 0 saturated carbocycles. The van der Waals surface area contributed by atoms with Gasteiger partial charge in [-0.15, -0.1) is 0 Å². The van der Waals surface area contributed by atoms with Gasteiger partial charge in [-0.3, -0.25) is 14.9 Å². The summed E-state index contributed by atoms with van der Waals surface area (Å²) in [6.07, 6.45) is 4.59.